The van der Waals surface area contributed by atoms with Crippen LogP contribution in [0.4, 0.5) is 0 Å². The fourth-order valence-electron chi connectivity index (χ4n) is 1.66. The number of alkyl halides is 1. The first kappa shape index (κ1) is 17.4. The van der Waals surface area contributed by atoms with Gasteiger partial charge in [-0.3, -0.25) is 9.59 Å². The van der Waals surface area contributed by atoms with Gasteiger partial charge in [0.25, 0.3) is 0 Å². The highest BCUT2D eigenvalue weighted by molar-refractivity contribution is 7.89. The Morgan fingerprint density at radius 3 is 1.90 bits per heavy atom. The van der Waals surface area contributed by atoms with E-state index in [-0.39, 0.29) is 4.90 Å². The van der Waals surface area contributed by atoms with Crippen molar-refractivity contribution in [1.82, 2.24) is 4.31 Å². The molecule has 0 aliphatic rings. The molecular formula is C12H16ClN3O4S. The number of nitrogens with zero attached hydrogens (tertiary/aromatic N) is 1. The average molecular weight is 334 g/mol. The second-order valence-corrected chi connectivity index (χ2v) is 6.60. The van der Waals surface area contributed by atoms with Crippen molar-refractivity contribution in [2.75, 3.05) is 19.0 Å². The summed E-state index contributed by atoms with van der Waals surface area (Å²) in [6, 6.07) is 5.99. The number of aryl methyl sites for hydroxylation is 1. The van der Waals surface area contributed by atoms with E-state index in [1.165, 1.54) is 12.1 Å². The Morgan fingerprint density at radius 2 is 1.52 bits per heavy atom. The number of hydrogen-bond acceptors (Lipinski definition) is 4. The topological polar surface area (TPSA) is 124 Å². The number of halogens is 1. The number of primary amides is 2. The minimum atomic E-state index is -4.02. The number of benzene rings is 1. The molecule has 7 nitrogen and oxygen atoms in total. The first-order valence-corrected chi connectivity index (χ1v) is 7.96. The highest BCUT2D eigenvalue weighted by atomic mass is 35.5. The smallest absolute Gasteiger partial charge is 0.244 e. The zero-order valence-electron chi connectivity index (χ0n) is 11.2. The molecule has 21 heavy (non-hydrogen) atoms. The van der Waals surface area contributed by atoms with Crippen LogP contribution >= 0.6 is 11.6 Å². The minimum Gasteiger partial charge on any atom is -0.369 e. The van der Waals surface area contributed by atoms with Gasteiger partial charge in [-0.15, -0.1) is 11.6 Å². The summed E-state index contributed by atoms with van der Waals surface area (Å²) in [6.07, 6.45) is 0.605. The lowest BCUT2D eigenvalue weighted by molar-refractivity contribution is -0.120. The van der Waals surface area contributed by atoms with Gasteiger partial charge in [-0.2, -0.15) is 4.31 Å². The maximum atomic E-state index is 12.4. The van der Waals surface area contributed by atoms with E-state index in [0.29, 0.717) is 16.6 Å². The van der Waals surface area contributed by atoms with Crippen molar-refractivity contribution in [2.45, 2.75) is 11.3 Å². The summed E-state index contributed by atoms with van der Waals surface area (Å²) in [5.74, 6) is -1.33. The minimum absolute atomic E-state index is 0.0525. The maximum absolute atomic E-state index is 12.4. The Labute approximate surface area is 127 Å². The molecule has 0 bridgehead atoms. The molecule has 0 fully saturated rings. The zero-order valence-corrected chi connectivity index (χ0v) is 12.7. The number of amides is 2. The summed E-state index contributed by atoms with van der Waals surface area (Å²) in [7, 11) is -4.02. The molecule has 1 aromatic rings. The molecule has 4 N–H and O–H groups in total. The van der Waals surface area contributed by atoms with Gasteiger partial charge in [-0.1, -0.05) is 12.1 Å². The number of carbonyl (C=O) groups is 2. The average Bonchev–Trinajstić information content (AvgIpc) is 2.38. The highest BCUT2D eigenvalue weighted by Crippen LogP contribution is 2.16. The number of carbonyl (C=O) groups excluding carboxylic acids is 2. The highest BCUT2D eigenvalue weighted by Gasteiger charge is 2.27. The molecule has 0 heterocycles. The van der Waals surface area contributed by atoms with Crippen LogP contribution in [0.5, 0.6) is 0 Å². The van der Waals surface area contributed by atoms with Crippen LogP contribution < -0.4 is 11.5 Å². The molecule has 0 unspecified atom stereocenters. The van der Waals surface area contributed by atoms with Crippen molar-refractivity contribution in [3.05, 3.63) is 29.8 Å². The van der Waals surface area contributed by atoms with Crippen LogP contribution in [0.3, 0.4) is 0 Å². The first-order valence-electron chi connectivity index (χ1n) is 5.99. The van der Waals surface area contributed by atoms with E-state index in [0.717, 1.165) is 5.56 Å². The molecule has 116 valence electrons. The van der Waals surface area contributed by atoms with E-state index in [1.54, 1.807) is 12.1 Å². The van der Waals surface area contributed by atoms with Crippen LogP contribution in [0, 0.1) is 0 Å². The quantitative estimate of drug-likeness (QED) is 0.618. The number of nitrogens with two attached hydrogens (primary N) is 2. The largest absolute Gasteiger partial charge is 0.369 e. The van der Waals surface area contributed by atoms with Gasteiger partial charge in [0.15, 0.2) is 0 Å². The number of hydrogen-bond donors (Lipinski definition) is 2. The molecule has 0 spiro atoms. The summed E-state index contributed by atoms with van der Waals surface area (Å²) in [4.78, 5) is 21.9. The predicted octanol–water partition coefficient (Wildman–Crippen LogP) is -0.571. The third kappa shape index (κ3) is 5.00. The first-order chi connectivity index (χ1) is 9.77. The van der Waals surface area contributed by atoms with Crippen LogP contribution in [0.1, 0.15) is 5.56 Å². The van der Waals surface area contributed by atoms with E-state index in [9.17, 15) is 18.0 Å². The number of sulfonamides is 1. The lowest BCUT2D eigenvalue weighted by Crippen LogP contribution is -2.43. The molecule has 0 saturated carbocycles. The monoisotopic (exact) mass is 333 g/mol. The summed E-state index contributed by atoms with van der Waals surface area (Å²) < 4.78 is 25.4. The Morgan fingerprint density at radius 1 is 1.05 bits per heavy atom. The molecule has 0 aliphatic heterocycles. The fraction of sp³-hybridized carbons (Fsp3) is 0.333. The summed E-state index contributed by atoms with van der Waals surface area (Å²) >= 11 is 5.60. The third-order valence-corrected chi connectivity index (χ3v) is 4.60. The Kier molecular flexibility index (Phi) is 6.13. The van der Waals surface area contributed by atoms with Crippen molar-refractivity contribution < 1.29 is 18.0 Å². The molecule has 1 rings (SSSR count). The van der Waals surface area contributed by atoms with Gasteiger partial charge in [0.2, 0.25) is 21.8 Å². The number of rotatable bonds is 8. The molecule has 0 saturated heterocycles. The van der Waals surface area contributed by atoms with Crippen molar-refractivity contribution in [3.8, 4) is 0 Å². The fourth-order valence-corrected chi connectivity index (χ4v) is 3.25. The predicted molar refractivity (Wildman–Crippen MR) is 78.0 cm³/mol. The molecule has 0 radical (unpaired) electrons. The molecule has 9 heteroatoms. The van der Waals surface area contributed by atoms with Crippen LogP contribution in [0.25, 0.3) is 0 Å². The second-order valence-electron chi connectivity index (χ2n) is 4.29. The molecule has 0 aromatic heterocycles. The van der Waals surface area contributed by atoms with E-state index >= 15 is 0 Å². The van der Waals surface area contributed by atoms with Gasteiger partial charge in [0, 0.05) is 5.88 Å². The van der Waals surface area contributed by atoms with E-state index in [4.69, 9.17) is 23.1 Å². The molecule has 2 amide bonds. The summed E-state index contributed by atoms with van der Waals surface area (Å²) in [5, 5.41) is 0. The van der Waals surface area contributed by atoms with Crippen LogP contribution in [0.15, 0.2) is 29.2 Å². The van der Waals surface area contributed by atoms with Gasteiger partial charge < -0.3 is 11.5 Å². The SMILES string of the molecule is NC(=O)CN(CC(N)=O)S(=O)(=O)c1ccc(CCCl)cc1. The van der Waals surface area contributed by atoms with Crippen LogP contribution in [-0.4, -0.2) is 43.5 Å². The van der Waals surface area contributed by atoms with Gasteiger partial charge >= 0.3 is 0 Å². The maximum Gasteiger partial charge on any atom is 0.244 e. The Balaban J connectivity index is 3.09. The molecule has 0 aliphatic carbocycles. The van der Waals surface area contributed by atoms with E-state index in [2.05, 4.69) is 0 Å². The zero-order chi connectivity index (χ0) is 16.0. The standard InChI is InChI=1S/C12H16ClN3O4S/c13-6-5-9-1-3-10(4-2-9)21(19,20)16(7-11(14)17)8-12(15)18/h1-4H,5-8H2,(H2,14,17)(H2,15,18). The van der Waals surface area contributed by atoms with Crippen molar-refractivity contribution in [1.29, 1.82) is 0 Å². The van der Waals surface area contributed by atoms with Crippen molar-refractivity contribution in [2.24, 2.45) is 11.5 Å². The molecule has 0 atom stereocenters. The normalized spacial score (nSPS) is 11.5. The summed E-state index contributed by atoms with van der Waals surface area (Å²) in [6.45, 7) is -1.23. The molecule has 1 aromatic carbocycles. The van der Waals surface area contributed by atoms with E-state index in [1.807, 2.05) is 0 Å². The van der Waals surface area contributed by atoms with Crippen molar-refractivity contribution >= 4 is 33.4 Å². The second kappa shape index (κ2) is 7.39. The van der Waals surface area contributed by atoms with Gasteiger partial charge in [0.1, 0.15) is 0 Å². The third-order valence-electron chi connectivity index (χ3n) is 2.61. The Hall–Kier alpha value is -1.64. The van der Waals surface area contributed by atoms with Crippen LogP contribution in [-0.2, 0) is 26.0 Å². The van der Waals surface area contributed by atoms with Gasteiger partial charge in [-0.05, 0) is 24.1 Å². The van der Waals surface area contributed by atoms with E-state index < -0.39 is 34.9 Å². The van der Waals surface area contributed by atoms with Crippen molar-refractivity contribution in [3.63, 3.8) is 0 Å². The lowest BCUT2D eigenvalue weighted by atomic mass is 10.2. The van der Waals surface area contributed by atoms with Gasteiger partial charge in [-0.25, -0.2) is 8.42 Å². The van der Waals surface area contributed by atoms with Crippen LogP contribution in [0.2, 0.25) is 0 Å². The lowest BCUT2D eigenvalue weighted by Gasteiger charge is -2.19. The summed E-state index contributed by atoms with van der Waals surface area (Å²) in [5.41, 5.74) is 10.9. The molecular weight excluding hydrogens is 318 g/mol. The Bertz CT molecular complexity index is 600. The van der Waals surface area contributed by atoms with Gasteiger partial charge in [0.05, 0.1) is 18.0 Å².